The fraction of sp³-hybridized carbons (Fsp3) is 0.244. The number of nitrogens with one attached hydrogen (secondary N) is 2. The quantitative estimate of drug-likeness (QED) is 0.128. The highest BCUT2D eigenvalue weighted by molar-refractivity contribution is 6.31. The van der Waals surface area contributed by atoms with Gasteiger partial charge in [-0.05, 0) is 65.1 Å². The number of nitrogens with zero attached hydrogens (tertiary/aromatic N) is 2. The van der Waals surface area contributed by atoms with E-state index in [1.54, 1.807) is 48.2 Å². The first-order chi connectivity index (χ1) is 24.6. The summed E-state index contributed by atoms with van der Waals surface area (Å²) in [5, 5.41) is 26.5. The van der Waals surface area contributed by atoms with Gasteiger partial charge in [-0.15, -0.1) is 0 Å². The highest BCUT2D eigenvalue weighted by atomic mass is 35.5. The maximum absolute atomic E-state index is 14.2. The Balaban J connectivity index is 1.05. The zero-order valence-corrected chi connectivity index (χ0v) is 28.9. The summed E-state index contributed by atoms with van der Waals surface area (Å²) < 4.78 is 0. The zero-order valence-electron chi connectivity index (χ0n) is 28.2. The van der Waals surface area contributed by atoms with E-state index in [9.17, 15) is 24.6 Å². The van der Waals surface area contributed by atoms with Gasteiger partial charge >= 0.3 is 0 Å². The summed E-state index contributed by atoms with van der Waals surface area (Å²) in [7, 11) is 0. The molecule has 0 spiro atoms. The molecule has 0 unspecified atom stereocenters. The molecule has 2 aliphatic rings. The molecule has 7 rings (SSSR count). The molecule has 3 heterocycles. The molecule has 5 aromatic rings. The highest BCUT2D eigenvalue weighted by Crippen LogP contribution is 2.47. The van der Waals surface area contributed by atoms with Gasteiger partial charge in [0.05, 0.1) is 31.3 Å². The predicted molar refractivity (Wildman–Crippen MR) is 198 cm³/mol. The summed E-state index contributed by atoms with van der Waals surface area (Å²) in [6, 6.07) is 27.8. The highest BCUT2D eigenvalue weighted by Gasteiger charge is 2.52. The molecule has 0 fully saturated rings. The van der Waals surface area contributed by atoms with Crippen molar-refractivity contribution < 1.29 is 24.6 Å². The van der Waals surface area contributed by atoms with Crippen molar-refractivity contribution in [3.8, 4) is 0 Å². The molecule has 2 aliphatic heterocycles. The van der Waals surface area contributed by atoms with Gasteiger partial charge in [-0.3, -0.25) is 14.4 Å². The summed E-state index contributed by atoms with van der Waals surface area (Å²) >= 11 is 6.39. The van der Waals surface area contributed by atoms with Crippen LogP contribution in [0.25, 0.3) is 10.9 Å². The van der Waals surface area contributed by atoms with Crippen molar-refractivity contribution in [1.29, 1.82) is 0 Å². The third-order valence-electron chi connectivity index (χ3n) is 10.1. The number of aliphatic hydroxyl groups excluding tert-OH is 1. The summed E-state index contributed by atoms with van der Waals surface area (Å²) in [5.41, 5.74) is 4.41. The molecule has 51 heavy (non-hydrogen) atoms. The molecule has 1 aromatic heterocycles. The number of rotatable bonds is 10. The van der Waals surface area contributed by atoms with E-state index >= 15 is 0 Å². The van der Waals surface area contributed by atoms with Gasteiger partial charge in [-0.2, -0.15) is 0 Å². The second-order valence-electron chi connectivity index (χ2n) is 13.4. The number of hydrogen-bond donors (Lipinski definition) is 4. The van der Waals surface area contributed by atoms with E-state index in [1.807, 2.05) is 72.9 Å². The molecule has 3 atom stereocenters. The number of aliphatic hydroxyl groups is 2. The molecule has 10 heteroatoms. The Labute approximate surface area is 301 Å². The van der Waals surface area contributed by atoms with Crippen LogP contribution in [0.4, 0.5) is 11.4 Å². The molecule has 0 saturated carbocycles. The smallest absolute Gasteiger partial charge is 0.264 e. The number of fused-ring (bicyclic) bond motifs is 3. The van der Waals surface area contributed by atoms with Crippen molar-refractivity contribution in [3.63, 3.8) is 0 Å². The van der Waals surface area contributed by atoms with E-state index in [4.69, 9.17) is 11.6 Å². The van der Waals surface area contributed by atoms with E-state index < -0.39 is 17.4 Å². The minimum absolute atomic E-state index is 0.0538. The van der Waals surface area contributed by atoms with Gasteiger partial charge in [0.2, 0.25) is 11.8 Å². The molecule has 0 aliphatic carbocycles. The monoisotopic (exact) mass is 702 g/mol. The minimum Gasteiger partial charge on any atom is -0.394 e. The van der Waals surface area contributed by atoms with E-state index in [-0.39, 0.29) is 43.8 Å². The van der Waals surface area contributed by atoms with Crippen molar-refractivity contribution in [1.82, 2.24) is 9.88 Å². The average Bonchev–Trinajstić information content (AvgIpc) is 3.63. The number of hydrogen-bond acceptors (Lipinski definition) is 5. The maximum Gasteiger partial charge on any atom is 0.264 e. The Kier molecular flexibility index (Phi) is 9.52. The van der Waals surface area contributed by atoms with Crippen molar-refractivity contribution in [2.24, 2.45) is 5.92 Å². The van der Waals surface area contributed by atoms with Crippen LogP contribution in [-0.4, -0.2) is 50.5 Å². The molecule has 0 saturated heterocycles. The van der Waals surface area contributed by atoms with E-state index in [0.29, 0.717) is 34.9 Å². The molecule has 4 aromatic carbocycles. The van der Waals surface area contributed by atoms with Crippen LogP contribution in [-0.2, 0) is 45.9 Å². The van der Waals surface area contributed by atoms with Gasteiger partial charge in [-0.1, -0.05) is 85.3 Å². The molecular weight excluding hydrogens is 664 g/mol. The van der Waals surface area contributed by atoms with Crippen LogP contribution in [0, 0.1) is 5.92 Å². The first kappa shape index (κ1) is 34.2. The topological polar surface area (TPSA) is 126 Å². The Morgan fingerprint density at radius 3 is 2.65 bits per heavy atom. The second-order valence-corrected chi connectivity index (χ2v) is 13.8. The Bertz CT molecular complexity index is 2160. The van der Waals surface area contributed by atoms with Gasteiger partial charge in [0.25, 0.3) is 5.91 Å². The second kappa shape index (κ2) is 14.2. The maximum atomic E-state index is 14.2. The van der Waals surface area contributed by atoms with Crippen LogP contribution < -0.4 is 10.2 Å². The normalized spacial score (nSPS) is 19.0. The summed E-state index contributed by atoms with van der Waals surface area (Å²) in [5.74, 6) is -1.52. The predicted octanol–water partition coefficient (Wildman–Crippen LogP) is 6.27. The molecule has 0 radical (unpaired) electrons. The van der Waals surface area contributed by atoms with Crippen molar-refractivity contribution in [2.75, 3.05) is 16.8 Å². The van der Waals surface area contributed by atoms with Gasteiger partial charge in [0, 0.05) is 52.3 Å². The van der Waals surface area contributed by atoms with Crippen LogP contribution in [0.5, 0.6) is 0 Å². The standard InChI is InChI=1S/C41H39ClN4O5/c1-26(8-6-15-39(49)45-24-29-11-3-2-10-28(29)19-33(45)25-47)41(51)35-21-31(42)16-17-37(35)46(40(41)50)23-27-9-7-12-32(18-27)44-38(48)20-30-22-43-36-14-5-4-13-34(30)36/h2-14,16-18,21-22,26,33,43,47,51H,15,19-20,23-25H2,1H3,(H,44,48)/b8-6+/t26-,33-,41+/m0/s1. The van der Waals surface area contributed by atoms with Crippen LogP contribution in [0.15, 0.2) is 109 Å². The van der Waals surface area contributed by atoms with E-state index in [0.717, 1.165) is 33.2 Å². The van der Waals surface area contributed by atoms with E-state index in [2.05, 4.69) is 10.3 Å². The van der Waals surface area contributed by atoms with Crippen LogP contribution in [0.1, 0.15) is 41.2 Å². The molecule has 9 nitrogen and oxygen atoms in total. The SMILES string of the molecule is C[C@@H](/C=C/CC(=O)N1Cc2ccccc2C[C@H]1CO)[C@]1(O)C(=O)N(Cc2cccc(NC(=O)Cc3c[nH]c4ccccc34)c2)c2ccc(Cl)cc21. The number of anilines is 2. The lowest BCUT2D eigenvalue weighted by Gasteiger charge is -2.36. The number of aromatic amines is 1. The third-order valence-corrected chi connectivity index (χ3v) is 10.3. The molecule has 3 amide bonds. The summed E-state index contributed by atoms with van der Waals surface area (Å²) in [6.07, 6.45) is 6.06. The number of benzene rings is 4. The van der Waals surface area contributed by atoms with Crippen LogP contribution in [0.2, 0.25) is 5.02 Å². The minimum atomic E-state index is -1.93. The number of aromatic nitrogens is 1. The van der Waals surface area contributed by atoms with Crippen LogP contribution in [0.3, 0.4) is 0 Å². The van der Waals surface area contributed by atoms with E-state index in [1.165, 1.54) is 4.90 Å². The first-order valence-corrected chi connectivity index (χ1v) is 17.5. The average molecular weight is 703 g/mol. The number of carbonyl (C=O) groups is 3. The van der Waals surface area contributed by atoms with Gasteiger partial charge in [0.1, 0.15) is 0 Å². The lowest BCUT2D eigenvalue weighted by Crippen LogP contribution is -2.46. The van der Waals surface area contributed by atoms with Gasteiger partial charge < -0.3 is 30.3 Å². The Hall–Kier alpha value is -5.22. The number of carbonyl (C=O) groups excluding carboxylic acids is 3. The van der Waals surface area contributed by atoms with Crippen molar-refractivity contribution in [2.45, 2.75) is 50.9 Å². The third kappa shape index (κ3) is 6.68. The molecule has 260 valence electrons. The number of para-hydroxylation sites is 1. The number of H-pyrrole nitrogens is 1. The summed E-state index contributed by atoms with van der Waals surface area (Å²) in [4.78, 5) is 46.9. The lowest BCUT2D eigenvalue weighted by molar-refractivity contribution is -0.139. The first-order valence-electron chi connectivity index (χ1n) is 17.1. The Morgan fingerprint density at radius 2 is 1.82 bits per heavy atom. The zero-order chi connectivity index (χ0) is 35.7. The van der Waals surface area contributed by atoms with Gasteiger partial charge in [-0.25, -0.2) is 0 Å². The molecule has 4 N–H and O–H groups in total. The number of amides is 3. The van der Waals surface area contributed by atoms with Crippen molar-refractivity contribution in [3.05, 3.63) is 142 Å². The van der Waals surface area contributed by atoms with Gasteiger partial charge in [0.15, 0.2) is 5.60 Å². The fourth-order valence-corrected chi connectivity index (χ4v) is 7.51. The fourth-order valence-electron chi connectivity index (χ4n) is 7.33. The van der Waals surface area contributed by atoms with Crippen molar-refractivity contribution >= 4 is 51.6 Å². The Morgan fingerprint density at radius 1 is 1.04 bits per heavy atom. The number of halogens is 1. The lowest BCUT2D eigenvalue weighted by atomic mass is 9.83. The van der Waals surface area contributed by atoms with Crippen LogP contribution >= 0.6 is 11.6 Å². The molecular formula is C41H39ClN4O5. The molecule has 0 bridgehead atoms. The largest absolute Gasteiger partial charge is 0.394 e. The summed E-state index contributed by atoms with van der Waals surface area (Å²) in [6.45, 7) is 2.17.